The lowest BCUT2D eigenvalue weighted by molar-refractivity contribution is 0.323. The molecule has 0 aliphatic heterocycles. The molecule has 90 valence electrons. The van der Waals surface area contributed by atoms with E-state index >= 15 is 0 Å². The quantitative estimate of drug-likeness (QED) is 0.834. The molecule has 1 aromatic heterocycles. The first-order chi connectivity index (χ1) is 7.49. The Bertz CT molecular complexity index is 315. The lowest BCUT2D eigenvalue weighted by atomic mass is 9.84. The lowest BCUT2D eigenvalue weighted by Gasteiger charge is -2.28. The number of aromatic nitrogens is 1. The SMILES string of the molecule is CCC(CC)CC(C)(N)c1ccc(F)cn1. The highest BCUT2D eigenvalue weighted by Gasteiger charge is 2.25. The van der Waals surface area contributed by atoms with Crippen molar-refractivity contribution in [2.24, 2.45) is 11.7 Å². The summed E-state index contributed by atoms with van der Waals surface area (Å²) in [5.41, 5.74) is 6.55. The van der Waals surface area contributed by atoms with E-state index in [2.05, 4.69) is 18.8 Å². The predicted molar refractivity (Wildman–Crippen MR) is 64.4 cm³/mol. The van der Waals surface area contributed by atoms with Gasteiger partial charge in [-0.1, -0.05) is 26.7 Å². The third-order valence-corrected chi connectivity index (χ3v) is 3.18. The molecule has 0 fully saturated rings. The van der Waals surface area contributed by atoms with Crippen LogP contribution in [0.3, 0.4) is 0 Å². The maximum absolute atomic E-state index is 12.8. The fraction of sp³-hybridized carbons (Fsp3) is 0.615. The van der Waals surface area contributed by atoms with Crippen molar-refractivity contribution in [1.82, 2.24) is 4.98 Å². The second kappa shape index (κ2) is 5.39. The third kappa shape index (κ3) is 3.27. The average molecular weight is 224 g/mol. The van der Waals surface area contributed by atoms with E-state index in [9.17, 15) is 4.39 Å². The van der Waals surface area contributed by atoms with Gasteiger partial charge in [-0.15, -0.1) is 0 Å². The van der Waals surface area contributed by atoms with Crippen molar-refractivity contribution in [1.29, 1.82) is 0 Å². The normalized spacial score (nSPS) is 15.1. The van der Waals surface area contributed by atoms with Gasteiger partial charge >= 0.3 is 0 Å². The van der Waals surface area contributed by atoms with Gasteiger partial charge in [-0.05, 0) is 31.4 Å². The number of pyridine rings is 1. The summed E-state index contributed by atoms with van der Waals surface area (Å²) in [5.74, 6) is 0.281. The van der Waals surface area contributed by atoms with Crippen LogP contribution < -0.4 is 5.73 Å². The highest BCUT2D eigenvalue weighted by Crippen LogP contribution is 2.27. The van der Waals surface area contributed by atoms with E-state index in [1.807, 2.05) is 6.92 Å². The summed E-state index contributed by atoms with van der Waals surface area (Å²) in [6, 6.07) is 3.10. The van der Waals surface area contributed by atoms with Gasteiger partial charge in [0, 0.05) is 0 Å². The second-order valence-electron chi connectivity index (χ2n) is 4.67. The lowest BCUT2D eigenvalue weighted by Crippen LogP contribution is -2.36. The van der Waals surface area contributed by atoms with Crippen molar-refractivity contribution in [3.63, 3.8) is 0 Å². The van der Waals surface area contributed by atoms with Gasteiger partial charge in [0.05, 0.1) is 17.4 Å². The predicted octanol–water partition coefficient (Wildman–Crippen LogP) is 3.22. The molecule has 0 bridgehead atoms. The van der Waals surface area contributed by atoms with Gasteiger partial charge in [-0.2, -0.15) is 0 Å². The smallest absolute Gasteiger partial charge is 0.141 e. The number of hydrogen-bond acceptors (Lipinski definition) is 2. The number of nitrogens with zero attached hydrogens (tertiary/aromatic N) is 1. The fourth-order valence-corrected chi connectivity index (χ4v) is 2.00. The first-order valence-electron chi connectivity index (χ1n) is 5.90. The number of hydrogen-bond donors (Lipinski definition) is 1. The van der Waals surface area contributed by atoms with Crippen molar-refractivity contribution in [2.75, 3.05) is 0 Å². The maximum Gasteiger partial charge on any atom is 0.141 e. The van der Waals surface area contributed by atoms with Crippen molar-refractivity contribution in [2.45, 2.75) is 45.6 Å². The molecule has 3 heteroatoms. The van der Waals surface area contributed by atoms with E-state index in [4.69, 9.17) is 5.73 Å². The van der Waals surface area contributed by atoms with Gasteiger partial charge in [-0.25, -0.2) is 4.39 Å². The molecule has 1 rings (SSSR count). The molecule has 1 atom stereocenters. The Labute approximate surface area is 97.1 Å². The summed E-state index contributed by atoms with van der Waals surface area (Å²) in [6.07, 6.45) is 4.35. The van der Waals surface area contributed by atoms with Crippen LogP contribution in [0, 0.1) is 11.7 Å². The Kier molecular flexibility index (Phi) is 4.42. The minimum absolute atomic E-state index is 0.318. The van der Waals surface area contributed by atoms with Crippen LogP contribution in [0.15, 0.2) is 18.3 Å². The molecule has 0 aliphatic rings. The molecular formula is C13H21FN2. The van der Waals surface area contributed by atoms with Crippen LogP contribution in [0.25, 0.3) is 0 Å². The number of rotatable bonds is 5. The molecule has 2 nitrogen and oxygen atoms in total. The Morgan fingerprint density at radius 1 is 1.38 bits per heavy atom. The number of halogens is 1. The Balaban J connectivity index is 2.80. The molecule has 2 N–H and O–H groups in total. The topological polar surface area (TPSA) is 38.9 Å². The summed E-state index contributed by atoms with van der Waals surface area (Å²) in [4.78, 5) is 4.07. The van der Waals surface area contributed by atoms with Gasteiger partial charge in [0.15, 0.2) is 0 Å². The molecule has 0 amide bonds. The summed E-state index contributed by atoms with van der Waals surface area (Å²) < 4.78 is 12.8. The van der Waals surface area contributed by atoms with Gasteiger partial charge in [0.25, 0.3) is 0 Å². The van der Waals surface area contributed by atoms with Crippen LogP contribution in [-0.4, -0.2) is 4.98 Å². The molecule has 1 unspecified atom stereocenters. The van der Waals surface area contributed by atoms with Gasteiger partial charge in [0.1, 0.15) is 5.82 Å². The summed E-state index contributed by atoms with van der Waals surface area (Å²) >= 11 is 0. The highest BCUT2D eigenvalue weighted by atomic mass is 19.1. The minimum Gasteiger partial charge on any atom is -0.320 e. The molecule has 0 saturated heterocycles. The van der Waals surface area contributed by atoms with Crippen molar-refractivity contribution in [3.8, 4) is 0 Å². The van der Waals surface area contributed by atoms with Crippen LogP contribution in [-0.2, 0) is 5.54 Å². The first kappa shape index (κ1) is 13.1. The molecule has 1 heterocycles. The Hall–Kier alpha value is -0.960. The van der Waals surface area contributed by atoms with Crippen molar-refractivity contribution in [3.05, 3.63) is 29.8 Å². The first-order valence-corrected chi connectivity index (χ1v) is 5.90. The highest BCUT2D eigenvalue weighted by molar-refractivity contribution is 5.14. The molecule has 0 aromatic carbocycles. The molecule has 0 aliphatic carbocycles. The standard InChI is InChI=1S/C13H21FN2/c1-4-10(5-2)8-13(3,15)12-7-6-11(14)9-16-12/h6-7,9-10H,4-5,8,15H2,1-3H3. The number of nitrogens with two attached hydrogens (primary N) is 1. The molecule has 0 radical (unpaired) electrons. The van der Waals surface area contributed by atoms with Crippen molar-refractivity contribution < 1.29 is 4.39 Å². The van der Waals surface area contributed by atoms with Crippen molar-refractivity contribution >= 4 is 0 Å². The second-order valence-corrected chi connectivity index (χ2v) is 4.67. The maximum atomic E-state index is 12.8. The molecule has 1 aromatic rings. The van der Waals surface area contributed by atoms with Crippen LogP contribution in [0.5, 0.6) is 0 Å². The summed E-state index contributed by atoms with van der Waals surface area (Å²) in [5, 5.41) is 0. The molecule has 0 saturated carbocycles. The van der Waals surface area contributed by atoms with Crippen LogP contribution in [0.4, 0.5) is 4.39 Å². The zero-order chi connectivity index (χ0) is 12.2. The zero-order valence-electron chi connectivity index (χ0n) is 10.3. The van der Waals surface area contributed by atoms with Crippen LogP contribution in [0.2, 0.25) is 0 Å². The van der Waals surface area contributed by atoms with E-state index in [1.54, 1.807) is 6.07 Å². The zero-order valence-corrected chi connectivity index (χ0v) is 10.3. The largest absolute Gasteiger partial charge is 0.320 e. The fourth-order valence-electron chi connectivity index (χ4n) is 2.00. The van der Waals surface area contributed by atoms with E-state index in [0.717, 1.165) is 25.0 Å². The summed E-state index contributed by atoms with van der Waals surface area (Å²) in [6.45, 7) is 6.30. The van der Waals surface area contributed by atoms with Gasteiger partial charge in [-0.3, -0.25) is 4.98 Å². The van der Waals surface area contributed by atoms with E-state index in [-0.39, 0.29) is 5.82 Å². The van der Waals surface area contributed by atoms with Crippen LogP contribution >= 0.6 is 0 Å². The summed E-state index contributed by atoms with van der Waals surface area (Å²) in [7, 11) is 0. The Morgan fingerprint density at radius 3 is 2.44 bits per heavy atom. The van der Waals surface area contributed by atoms with Gasteiger partial charge < -0.3 is 5.73 Å². The monoisotopic (exact) mass is 224 g/mol. The average Bonchev–Trinajstić information content (AvgIpc) is 2.26. The van der Waals surface area contributed by atoms with Crippen LogP contribution in [0.1, 0.15) is 45.7 Å². The molecule has 0 spiro atoms. The van der Waals surface area contributed by atoms with E-state index < -0.39 is 5.54 Å². The molecule has 16 heavy (non-hydrogen) atoms. The van der Waals surface area contributed by atoms with E-state index in [1.165, 1.54) is 12.3 Å². The van der Waals surface area contributed by atoms with Gasteiger partial charge in [0.2, 0.25) is 0 Å². The Morgan fingerprint density at radius 2 is 2.00 bits per heavy atom. The third-order valence-electron chi connectivity index (χ3n) is 3.18. The molecular weight excluding hydrogens is 203 g/mol. The van der Waals surface area contributed by atoms with E-state index in [0.29, 0.717) is 5.92 Å². The minimum atomic E-state index is -0.468.